The second kappa shape index (κ2) is 9.58. The van der Waals surface area contributed by atoms with Gasteiger partial charge in [0.1, 0.15) is 0 Å². The van der Waals surface area contributed by atoms with E-state index in [4.69, 9.17) is 4.74 Å². The number of hydrogen-bond donors (Lipinski definition) is 2. The van der Waals surface area contributed by atoms with Crippen molar-refractivity contribution in [3.8, 4) is 0 Å². The van der Waals surface area contributed by atoms with Crippen LogP contribution in [0.3, 0.4) is 0 Å². The Balaban J connectivity index is 1.46. The maximum absolute atomic E-state index is 12.8. The number of amides is 2. The zero-order chi connectivity index (χ0) is 22.7. The number of benzene rings is 2. The van der Waals surface area contributed by atoms with Crippen LogP contribution in [0.25, 0.3) is 21.8 Å². The van der Waals surface area contributed by atoms with E-state index in [-0.39, 0.29) is 12.5 Å². The average molecular weight is 470 g/mol. The van der Waals surface area contributed by atoms with Crippen LogP contribution in [0.1, 0.15) is 20.8 Å². The summed E-state index contributed by atoms with van der Waals surface area (Å²) in [7, 11) is 0. The highest BCUT2D eigenvalue weighted by molar-refractivity contribution is 8.02. The summed E-state index contributed by atoms with van der Waals surface area (Å²) < 4.78 is 7.68. The lowest BCUT2D eigenvalue weighted by Crippen LogP contribution is -2.22. The number of hydrogen-bond acceptors (Lipinski definition) is 7. The second-order valence-electron chi connectivity index (χ2n) is 6.96. The lowest BCUT2D eigenvalue weighted by molar-refractivity contribution is -0.115. The van der Waals surface area contributed by atoms with Crippen molar-refractivity contribution in [2.75, 3.05) is 17.2 Å². The molecule has 1 unspecified atom stereocenters. The van der Waals surface area contributed by atoms with Gasteiger partial charge in [-0.3, -0.25) is 10.1 Å². The van der Waals surface area contributed by atoms with Gasteiger partial charge in [-0.2, -0.15) is 0 Å². The molecular weight excluding hydrogens is 446 g/mol. The van der Waals surface area contributed by atoms with Crippen LogP contribution in [0.5, 0.6) is 0 Å². The Morgan fingerprint density at radius 3 is 2.66 bits per heavy atom. The smallest absolute Gasteiger partial charge is 0.413 e. The van der Waals surface area contributed by atoms with Crippen molar-refractivity contribution >= 4 is 67.7 Å². The minimum Gasteiger partial charge on any atom is -0.450 e. The van der Waals surface area contributed by atoms with Crippen LogP contribution >= 0.6 is 23.1 Å². The van der Waals surface area contributed by atoms with Crippen LogP contribution in [-0.2, 0) is 16.1 Å². The van der Waals surface area contributed by atoms with Crippen LogP contribution in [0.15, 0.2) is 46.8 Å². The Hall–Kier alpha value is -3.11. The maximum atomic E-state index is 12.8. The summed E-state index contributed by atoms with van der Waals surface area (Å²) in [4.78, 5) is 24.3. The van der Waals surface area contributed by atoms with E-state index < -0.39 is 11.3 Å². The van der Waals surface area contributed by atoms with Crippen LogP contribution in [0, 0.1) is 0 Å². The molecule has 2 heterocycles. The van der Waals surface area contributed by atoms with Crippen LogP contribution < -0.4 is 10.6 Å². The third kappa shape index (κ3) is 4.56. The molecule has 8 nitrogen and oxygen atoms in total. The summed E-state index contributed by atoms with van der Waals surface area (Å²) in [5, 5.41) is 15.7. The first-order valence-electron chi connectivity index (χ1n) is 10.3. The van der Waals surface area contributed by atoms with Gasteiger partial charge in [-0.1, -0.05) is 41.3 Å². The quantitative estimate of drug-likeness (QED) is 0.280. The van der Waals surface area contributed by atoms with E-state index in [1.807, 2.05) is 30.3 Å². The predicted octanol–water partition coefficient (Wildman–Crippen LogP) is 5.35. The average Bonchev–Trinajstić information content (AvgIpc) is 3.35. The standard InChI is InChI=1S/C22H23N5O3S2/c1-4-27-17-9-7-6-8-15(17)16-12-14(10-11-18(16)27)23-19(28)13(3)31-22-26-25-20(32-22)24-21(29)30-5-2/h6-13H,4-5H2,1-3H3,(H,23,28)(H,24,25,29). The highest BCUT2D eigenvalue weighted by Crippen LogP contribution is 2.32. The Morgan fingerprint density at radius 1 is 1.09 bits per heavy atom. The summed E-state index contributed by atoms with van der Waals surface area (Å²) in [5.74, 6) is -0.135. The third-order valence-corrected chi connectivity index (χ3v) is 6.92. The van der Waals surface area contributed by atoms with Crippen LogP contribution in [-0.4, -0.2) is 38.6 Å². The molecule has 4 rings (SSSR count). The molecular formula is C22H23N5O3S2. The molecule has 2 N–H and O–H groups in total. The van der Waals surface area contributed by atoms with Crippen molar-refractivity contribution < 1.29 is 14.3 Å². The Bertz CT molecular complexity index is 1280. The minimum absolute atomic E-state index is 0.135. The number of fused-ring (bicyclic) bond motifs is 3. The molecule has 0 aliphatic carbocycles. The fraction of sp³-hybridized carbons (Fsp3) is 0.273. The molecule has 0 radical (unpaired) electrons. The zero-order valence-electron chi connectivity index (χ0n) is 17.9. The summed E-state index contributed by atoms with van der Waals surface area (Å²) in [6, 6.07) is 14.3. The fourth-order valence-electron chi connectivity index (χ4n) is 3.48. The maximum Gasteiger partial charge on any atom is 0.413 e. The van der Waals surface area contributed by atoms with Gasteiger partial charge in [0.15, 0.2) is 4.34 Å². The predicted molar refractivity (Wildman–Crippen MR) is 130 cm³/mol. The first-order valence-corrected chi connectivity index (χ1v) is 12.0. The monoisotopic (exact) mass is 469 g/mol. The molecule has 2 aromatic carbocycles. The number of carbonyl (C=O) groups excluding carboxylic acids is 2. The highest BCUT2D eigenvalue weighted by atomic mass is 32.2. The van der Waals surface area contributed by atoms with E-state index in [0.717, 1.165) is 23.1 Å². The highest BCUT2D eigenvalue weighted by Gasteiger charge is 2.19. The van der Waals surface area contributed by atoms with Crippen molar-refractivity contribution in [2.24, 2.45) is 0 Å². The number of aromatic nitrogens is 3. The van der Waals surface area contributed by atoms with E-state index in [9.17, 15) is 9.59 Å². The molecule has 4 aromatic rings. The van der Waals surface area contributed by atoms with Crippen molar-refractivity contribution in [1.29, 1.82) is 0 Å². The van der Waals surface area contributed by atoms with E-state index in [2.05, 4.69) is 44.5 Å². The first-order chi connectivity index (χ1) is 15.5. The molecule has 2 aromatic heterocycles. The number of anilines is 2. The van der Waals surface area contributed by atoms with Gasteiger partial charge in [0.25, 0.3) is 0 Å². The van der Waals surface area contributed by atoms with Gasteiger partial charge in [-0.05, 0) is 45.0 Å². The van der Waals surface area contributed by atoms with Crippen LogP contribution in [0.4, 0.5) is 15.6 Å². The van der Waals surface area contributed by atoms with E-state index in [0.29, 0.717) is 9.47 Å². The molecule has 0 aliphatic rings. The number of nitrogens with zero attached hydrogens (tertiary/aromatic N) is 3. The summed E-state index contributed by atoms with van der Waals surface area (Å²) in [6.45, 7) is 6.80. The molecule has 2 amide bonds. The van der Waals surface area contributed by atoms with Gasteiger partial charge < -0.3 is 14.6 Å². The van der Waals surface area contributed by atoms with Crippen molar-refractivity contribution in [2.45, 2.75) is 36.9 Å². The molecule has 0 saturated heterocycles. The molecule has 0 aliphatic heterocycles. The largest absolute Gasteiger partial charge is 0.450 e. The Morgan fingerprint density at radius 2 is 1.88 bits per heavy atom. The lowest BCUT2D eigenvalue weighted by Gasteiger charge is -2.11. The fourth-order valence-corrected chi connectivity index (χ4v) is 5.36. The molecule has 0 bridgehead atoms. The number of carbonyl (C=O) groups is 2. The third-order valence-electron chi connectivity index (χ3n) is 4.89. The summed E-state index contributed by atoms with van der Waals surface area (Å²) in [5.41, 5.74) is 3.07. The molecule has 1 atom stereocenters. The van der Waals surface area contributed by atoms with E-state index in [1.165, 1.54) is 34.0 Å². The van der Waals surface area contributed by atoms with Crippen LogP contribution in [0.2, 0.25) is 0 Å². The summed E-state index contributed by atoms with van der Waals surface area (Å²) in [6.07, 6.45) is -0.578. The molecule has 166 valence electrons. The second-order valence-corrected chi connectivity index (χ2v) is 9.53. The van der Waals surface area contributed by atoms with Crippen molar-refractivity contribution in [3.05, 3.63) is 42.5 Å². The normalized spacial score (nSPS) is 12.1. The Labute approximate surface area is 193 Å². The minimum atomic E-state index is -0.578. The van der Waals surface area contributed by atoms with E-state index >= 15 is 0 Å². The van der Waals surface area contributed by atoms with Crippen molar-refractivity contribution in [1.82, 2.24) is 14.8 Å². The van der Waals surface area contributed by atoms with Gasteiger partial charge in [0, 0.05) is 34.0 Å². The lowest BCUT2D eigenvalue weighted by atomic mass is 10.1. The number of thioether (sulfide) groups is 1. The molecule has 0 spiro atoms. The van der Waals surface area contributed by atoms with Gasteiger partial charge >= 0.3 is 6.09 Å². The number of para-hydroxylation sites is 1. The van der Waals surface area contributed by atoms with Crippen molar-refractivity contribution in [3.63, 3.8) is 0 Å². The van der Waals surface area contributed by atoms with E-state index in [1.54, 1.807) is 13.8 Å². The number of nitrogens with one attached hydrogen (secondary N) is 2. The molecule has 32 heavy (non-hydrogen) atoms. The Kier molecular flexibility index (Phi) is 6.61. The van der Waals surface area contributed by atoms with Gasteiger partial charge in [0.05, 0.1) is 11.9 Å². The molecule has 10 heteroatoms. The topological polar surface area (TPSA) is 98.1 Å². The SMILES string of the molecule is CCOC(=O)Nc1nnc(SC(C)C(=O)Nc2ccc3c(c2)c2ccccc2n3CC)s1. The van der Waals surface area contributed by atoms with Gasteiger partial charge in [0.2, 0.25) is 11.0 Å². The zero-order valence-corrected chi connectivity index (χ0v) is 19.5. The van der Waals surface area contributed by atoms with Gasteiger partial charge in [-0.15, -0.1) is 10.2 Å². The molecule has 0 fully saturated rings. The van der Waals surface area contributed by atoms with Gasteiger partial charge in [-0.25, -0.2) is 4.79 Å². The number of ether oxygens (including phenoxy) is 1. The summed E-state index contributed by atoms with van der Waals surface area (Å²) >= 11 is 2.48. The first kappa shape index (κ1) is 22.1. The molecule has 0 saturated carbocycles. The number of aryl methyl sites for hydroxylation is 1. The number of rotatable bonds is 7.